The van der Waals surface area contributed by atoms with E-state index in [1.165, 1.54) is 23.5 Å². The molecule has 4 rings (SSSR count). The Balaban J connectivity index is 1.48. The van der Waals surface area contributed by atoms with Crippen LogP contribution in [0.25, 0.3) is 10.2 Å². The summed E-state index contributed by atoms with van der Waals surface area (Å²) >= 11 is 1.44. The first-order chi connectivity index (χ1) is 15.6. The van der Waals surface area contributed by atoms with Gasteiger partial charge in [-0.05, 0) is 30.7 Å². The number of ether oxygens (including phenoxy) is 3. The van der Waals surface area contributed by atoms with E-state index in [9.17, 15) is 9.18 Å². The molecule has 0 N–H and O–H groups in total. The standard InChI is InChI=1S/C23H26FN3O4S/c1-29-17-7-8-21-19(15-17)25-23(32-21)27(10-4-9-26-11-13-30-14-12-26)22(28)16-31-20-6-3-2-5-18(20)24/h2-3,5-8,15H,4,9-14,16H2,1H3. The smallest absolute Gasteiger partial charge is 0.266 e. The summed E-state index contributed by atoms with van der Waals surface area (Å²) in [5.74, 6) is 0.0121. The van der Waals surface area contributed by atoms with E-state index >= 15 is 0 Å². The van der Waals surface area contributed by atoms with Crippen LogP contribution in [0, 0.1) is 5.82 Å². The van der Waals surface area contributed by atoms with Gasteiger partial charge in [0, 0.05) is 32.2 Å². The molecule has 0 saturated carbocycles. The molecule has 1 aliphatic heterocycles. The number of thiazole rings is 1. The number of nitrogens with zero attached hydrogens (tertiary/aromatic N) is 3. The summed E-state index contributed by atoms with van der Waals surface area (Å²) in [7, 11) is 1.61. The molecule has 0 bridgehead atoms. The quantitative estimate of drug-likeness (QED) is 0.488. The third-order valence-corrected chi connectivity index (χ3v) is 6.32. The van der Waals surface area contributed by atoms with Gasteiger partial charge in [-0.1, -0.05) is 23.5 Å². The number of aromatic nitrogens is 1. The number of fused-ring (bicyclic) bond motifs is 1. The highest BCUT2D eigenvalue weighted by molar-refractivity contribution is 7.22. The SMILES string of the molecule is COc1ccc2sc(N(CCCN3CCOCC3)C(=O)COc3ccccc3F)nc2c1. The molecule has 2 aromatic carbocycles. The molecule has 0 spiro atoms. The number of halogens is 1. The van der Waals surface area contributed by atoms with Gasteiger partial charge >= 0.3 is 0 Å². The Morgan fingerprint density at radius 2 is 2.06 bits per heavy atom. The normalized spacial score (nSPS) is 14.4. The first-order valence-electron chi connectivity index (χ1n) is 10.6. The van der Waals surface area contributed by atoms with Crippen LogP contribution in [-0.2, 0) is 9.53 Å². The number of anilines is 1. The number of methoxy groups -OCH3 is 1. The molecule has 0 aliphatic carbocycles. The fourth-order valence-electron chi connectivity index (χ4n) is 3.52. The molecule has 7 nitrogen and oxygen atoms in total. The van der Waals surface area contributed by atoms with Crippen LogP contribution in [0.3, 0.4) is 0 Å². The zero-order chi connectivity index (χ0) is 22.3. The predicted molar refractivity (Wildman–Crippen MR) is 122 cm³/mol. The number of carbonyl (C=O) groups excluding carboxylic acids is 1. The molecule has 3 aromatic rings. The molecule has 1 aromatic heterocycles. The monoisotopic (exact) mass is 459 g/mol. The first-order valence-corrected chi connectivity index (χ1v) is 11.4. The van der Waals surface area contributed by atoms with Crippen LogP contribution in [0.4, 0.5) is 9.52 Å². The van der Waals surface area contributed by atoms with Crippen LogP contribution in [0.2, 0.25) is 0 Å². The van der Waals surface area contributed by atoms with Crippen molar-refractivity contribution in [3.8, 4) is 11.5 Å². The average molecular weight is 460 g/mol. The van der Waals surface area contributed by atoms with Gasteiger partial charge in [-0.3, -0.25) is 14.6 Å². The van der Waals surface area contributed by atoms with E-state index in [-0.39, 0.29) is 18.3 Å². The largest absolute Gasteiger partial charge is 0.497 e. The van der Waals surface area contributed by atoms with Crippen molar-refractivity contribution in [3.05, 3.63) is 48.3 Å². The summed E-state index contributed by atoms with van der Waals surface area (Å²) in [5.41, 5.74) is 0.769. The summed E-state index contributed by atoms with van der Waals surface area (Å²) in [5, 5.41) is 0.595. The van der Waals surface area contributed by atoms with Gasteiger partial charge in [0.1, 0.15) is 5.75 Å². The van der Waals surface area contributed by atoms with Gasteiger partial charge in [0.2, 0.25) is 0 Å². The van der Waals surface area contributed by atoms with Crippen LogP contribution < -0.4 is 14.4 Å². The fraction of sp³-hybridized carbons (Fsp3) is 0.391. The van der Waals surface area contributed by atoms with E-state index in [4.69, 9.17) is 14.2 Å². The maximum absolute atomic E-state index is 13.9. The number of morpholine rings is 1. The maximum Gasteiger partial charge on any atom is 0.266 e. The second kappa shape index (κ2) is 10.7. The van der Waals surface area contributed by atoms with Crippen LogP contribution in [0.15, 0.2) is 42.5 Å². The second-order valence-electron chi connectivity index (χ2n) is 7.40. The van der Waals surface area contributed by atoms with Crippen molar-refractivity contribution in [1.82, 2.24) is 9.88 Å². The molecule has 32 heavy (non-hydrogen) atoms. The fourth-order valence-corrected chi connectivity index (χ4v) is 4.51. The topological polar surface area (TPSA) is 64.1 Å². The predicted octanol–water partition coefficient (Wildman–Crippen LogP) is 3.58. The Morgan fingerprint density at radius 3 is 2.84 bits per heavy atom. The zero-order valence-electron chi connectivity index (χ0n) is 18.0. The Hall–Kier alpha value is -2.75. The van der Waals surface area contributed by atoms with Crippen molar-refractivity contribution in [2.75, 3.05) is 58.0 Å². The number of hydrogen-bond donors (Lipinski definition) is 0. The lowest BCUT2D eigenvalue weighted by Gasteiger charge is -2.27. The molecule has 2 heterocycles. The lowest BCUT2D eigenvalue weighted by atomic mass is 10.3. The van der Waals surface area contributed by atoms with Gasteiger partial charge in [0.05, 0.1) is 30.5 Å². The third kappa shape index (κ3) is 5.53. The van der Waals surface area contributed by atoms with Gasteiger partial charge in [-0.2, -0.15) is 0 Å². The number of amides is 1. The number of hydrogen-bond acceptors (Lipinski definition) is 7. The average Bonchev–Trinajstić information content (AvgIpc) is 3.24. The molecule has 1 saturated heterocycles. The van der Waals surface area contributed by atoms with Gasteiger partial charge in [-0.15, -0.1) is 0 Å². The van der Waals surface area contributed by atoms with Crippen LogP contribution in [0.1, 0.15) is 6.42 Å². The number of benzene rings is 2. The number of carbonyl (C=O) groups is 1. The number of para-hydroxylation sites is 1. The molecule has 1 amide bonds. The van der Waals surface area contributed by atoms with E-state index in [1.807, 2.05) is 18.2 Å². The summed E-state index contributed by atoms with van der Waals surface area (Å²) in [6.45, 7) is 4.35. The summed E-state index contributed by atoms with van der Waals surface area (Å²) in [6.07, 6.45) is 0.782. The summed E-state index contributed by atoms with van der Waals surface area (Å²) in [6, 6.07) is 11.7. The molecular weight excluding hydrogens is 433 g/mol. The molecule has 1 aliphatic rings. The maximum atomic E-state index is 13.9. The lowest BCUT2D eigenvalue weighted by molar-refractivity contribution is -0.120. The minimum Gasteiger partial charge on any atom is -0.497 e. The molecule has 9 heteroatoms. The first kappa shape index (κ1) is 22.4. The van der Waals surface area contributed by atoms with Gasteiger partial charge < -0.3 is 14.2 Å². The van der Waals surface area contributed by atoms with E-state index in [2.05, 4.69) is 9.88 Å². The van der Waals surface area contributed by atoms with Crippen molar-refractivity contribution < 1.29 is 23.4 Å². The highest BCUT2D eigenvalue weighted by Crippen LogP contribution is 2.31. The van der Waals surface area contributed by atoms with Crippen molar-refractivity contribution >= 4 is 32.6 Å². The van der Waals surface area contributed by atoms with E-state index in [0.717, 1.165) is 49.5 Å². The van der Waals surface area contributed by atoms with E-state index in [0.29, 0.717) is 17.4 Å². The molecular formula is C23H26FN3O4S. The lowest BCUT2D eigenvalue weighted by Crippen LogP contribution is -2.40. The van der Waals surface area contributed by atoms with Gasteiger partial charge in [0.15, 0.2) is 23.3 Å². The van der Waals surface area contributed by atoms with Gasteiger partial charge in [0.25, 0.3) is 5.91 Å². The minimum atomic E-state index is -0.494. The van der Waals surface area contributed by atoms with E-state index in [1.54, 1.807) is 24.1 Å². The van der Waals surface area contributed by atoms with Crippen molar-refractivity contribution in [1.29, 1.82) is 0 Å². The van der Waals surface area contributed by atoms with Gasteiger partial charge in [-0.25, -0.2) is 9.37 Å². The van der Waals surface area contributed by atoms with Crippen molar-refractivity contribution in [2.45, 2.75) is 6.42 Å². The molecule has 1 fully saturated rings. The molecule has 0 unspecified atom stereocenters. The highest BCUT2D eigenvalue weighted by atomic mass is 32.1. The minimum absolute atomic E-state index is 0.0585. The van der Waals surface area contributed by atoms with E-state index < -0.39 is 5.82 Å². The Bertz CT molecular complexity index is 1050. The highest BCUT2D eigenvalue weighted by Gasteiger charge is 2.21. The molecule has 170 valence electrons. The zero-order valence-corrected chi connectivity index (χ0v) is 18.8. The van der Waals surface area contributed by atoms with Crippen molar-refractivity contribution in [3.63, 3.8) is 0 Å². The Morgan fingerprint density at radius 1 is 1.25 bits per heavy atom. The summed E-state index contributed by atoms with van der Waals surface area (Å²) in [4.78, 5) is 21.7. The Kier molecular flexibility index (Phi) is 7.51. The summed E-state index contributed by atoms with van der Waals surface area (Å²) < 4.78 is 31.0. The van der Waals surface area contributed by atoms with Crippen molar-refractivity contribution in [2.24, 2.45) is 0 Å². The van der Waals surface area contributed by atoms with Crippen LogP contribution >= 0.6 is 11.3 Å². The van der Waals surface area contributed by atoms with Crippen LogP contribution in [-0.4, -0.2) is 68.9 Å². The molecule has 0 radical (unpaired) electrons. The molecule has 0 atom stereocenters. The Labute approximate surface area is 190 Å². The third-order valence-electron chi connectivity index (χ3n) is 5.26. The second-order valence-corrected chi connectivity index (χ2v) is 8.41. The van der Waals surface area contributed by atoms with Crippen LogP contribution in [0.5, 0.6) is 11.5 Å². The number of rotatable bonds is 9.